The van der Waals surface area contributed by atoms with E-state index in [0.29, 0.717) is 17.6 Å². The first-order valence-electron chi connectivity index (χ1n) is 10.8. The number of rotatable bonds is 7. The van der Waals surface area contributed by atoms with Crippen LogP contribution in [0.25, 0.3) is 21.9 Å². The fourth-order valence-electron chi connectivity index (χ4n) is 4.48. The maximum atomic E-state index is 14.2. The first-order valence-corrected chi connectivity index (χ1v) is 10.8. The molecule has 0 spiro atoms. The van der Waals surface area contributed by atoms with E-state index in [1.54, 1.807) is 19.2 Å². The van der Waals surface area contributed by atoms with E-state index in [0.717, 1.165) is 67.0 Å². The number of ether oxygens (including phenoxy) is 2. The molecule has 5 rings (SSSR count). The van der Waals surface area contributed by atoms with Gasteiger partial charge in [-0.25, -0.2) is 4.39 Å². The van der Waals surface area contributed by atoms with Gasteiger partial charge in [-0.3, -0.25) is 0 Å². The molecule has 162 valence electrons. The van der Waals surface area contributed by atoms with Crippen molar-refractivity contribution in [3.63, 3.8) is 0 Å². The molecule has 1 N–H and O–H groups in total. The van der Waals surface area contributed by atoms with E-state index in [4.69, 9.17) is 14.0 Å². The molecule has 6 nitrogen and oxygen atoms in total. The van der Waals surface area contributed by atoms with Crippen molar-refractivity contribution in [1.82, 2.24) is 15.0 Å². The molecule has 2 aromatic carbocycles. The van der Waals surface area contributed by atoms with E-state index in [-0.39, 0.29) is 11.7 Å². The number of hydrogen-bond donors (Lipinski definition) is 1. The van der Waals surface area contributed by atoms with Gasteiger partial charge in [-0.2, -0.15) is 0 Å². The maximum Gasteiger partial charge on any atom is 0.170 e. The van der Waals surface area contributed by atoms with Crippen molar-refractivity contribution in [3.8, 4) is 11.5 Å². The van der Waals surface area contributed by atoms with Crippen molar-refractivity contribution < 1.29 is 18.4 Å². The summed E-state index contributed by atoms with van der Waals surface area (Å²) < 4.78 is 31.1. The number of methoxy groups -OCH3 is 1. The Labute approximate surface area is 179 Å². The molecule has 0 aliphatic carbocycles. The number of nitrogens with one attached hydrogen (secondary N) is 1. The second-order valence-electron chi connectivity index (χ2n) is 8.07. The molecular formula is C24H26FN3O3. The van der Waals surface area contributed by atoms with Crippen LogP contribution in [0.4, 0.5) is 4.39 Å². The Morgan fingerprint density at radius 2 is 2.06 bits per heavy atom. The lowest BCUT2D eigenvalue weighted by molar-refractivity contribution is 0.189. The molecule has 1 aliphatic heterocycles. The number of halogens is 1. The van der Waals surface area contributed by atoms with Gasteiger partial charge in [-0.15, -0.1) is 0 Å². The molecule has 3 heterocycles. The van der Waals surface area contributed by atoms with Crippen LogP contribution >= 0.6 is 0 Å². The van der Waals surface area contributed by atoms with Crippen LogP contribution in [0.3, 0.4) is 0 Å². The van der Waals surface area contributed by atoms with Crippen LogP contribution in [-0.2, 0) is 0 Å². The van der Waals surface area contributed by atoms with Gasteiger partial charge in [0.25, 0.3) is 0 Å². The molecule has 0 saturated carbocycles. The van der Waals surface area contributed by atoms with E-state index in [2.05, 4.69) is 15.0 Å². The normalized spacial score (nSPS) is 15.7. The third kappa shape index (κ3) is 3.97. The number of hydrogen-bond acceptors (Lipinski definition) is 5. The van der Waals surface area contributed by atoms with Gasteiger partial charge in [-0.05, 0) is 56.6 Å². The Bertz CT molecular complexity index is 1180. The largest absolute Gasteiger partial charge is 0.493 e. The summed E-state index contributed by atoms with van der Waals surface area (Å²) in [7, 11) is 1.66. The number of aromatic amines is 1. The molecular weight excluding hydrogens is 397 g/mol. The highest BCUT2D eigenvalue weighted by Crippen LogP contribution is 2.34. The van der Waals surface area contributed by atoms with E-state index in [9.17, 15) is 4.39 Å². The second kappa shape index (κ2) is 8.59. The van der Waals surface area contributed by atoms with Gasteiger partial charge in [0, 0.05) is 35.6 Å². The van der Waals surface area contributed by atoms with Gasteiger partial charge in [-0.1, -0.05) is 11.2 Å². The Kier molecular flexibility index (Phi) is 5.51. The summed E-state index contributed by atoms with van der Waals surface area (Å²) in [4.78, 5) is 5.64. The standard InChI is InChI=1S/C24H26FN3O3/c1-29-21-14-17-6-9-26-19(17)15-22(21)30-13-3-10-28-11-7-16(8-12-28)24-23-18(25)4-2-5-20(23)31-27-24/h2,4-6,9,14-16,26H,3,7-8,10-13H2,1H3. The SMILES string of the molecule is COc1cc2cc[nH]c2cc1OCCCN1CCC(c2noc3cccc(F)c23)CC1. The van der Waals surface area contributed by atoms with Gasteiger partial charge in [0.15, 0.2) is 17.1 Å². The fraction of sp³-hybridized carbons (Fsp3) is 0.375. The smallest absolute Gasteiger partial charge is 0.170 e. The number of benzene rings is 2. The minimum absolute atomic E-state index is 0.238. The highest BCUT2D eigenvalue weighted by atomic mass is 19.1. The van der Waals surface area contributed by atoms with Crippen LogP contribution in [0.15, 0.2) is 47.1 Å². The first kappa shape index (κ1) is 19.9. The Hall–Kier alpha value is -3.06. The van der Waals surface area contributed by atoms with Crippen LogP contribution in [-0.4, -0.2) is 48.4 Å². The average Bonchev–Trinajstić information content (AvgIpc) is 3.44. The van der Waals surface area contributed by atoms with Crippen LogP contribution in [0.2, 0.25) is 0 Å². The molecule has 7 heteroatoms. The molecule has 1 aliphatic rings. The third-order valence-electron chi connectivity index (χ3n) is 6.16. The summed E-state index contributed by atoms with van der Waals surface area (Å²) in [6.45, 7) is 3.52. The number of fused-ring (bicyclic) bond motifs is 2. The molecule has 0 radical (unpaired) electrons. The number of piperidine rings is 1. The van der Waals surface area contributed by atoms with Crippen molar-refractivity contribution in [2.24, 2.45) is 0 Å². The predicted molar refractivity (Wildman–Crippen MR) is 117 cm³/mol. The highest BCUT2D eigenvalue weighted by Gasteiger charge is 2.26. The Morgan fingerprint density at radius 3 is 2.90 bits per heavy atom. The molecule has 0 amide bonds. The van der Waals surface area contributed by atoms with Crippen molar-refractivity contribution >= 4 is 21.9 Å². The zero-order valence-corrected chi connectivity index (χ0v) is 17.6. The van der Waals surface area contributed by atoms with E-state index >= 15 is 0 Å². The summed E-state index contributed by atoms with van der Waals surface area (Å²) in [5, 5.41) is 5.83. The first-order chi connectivity index (χ1) is 15.2. The number of H-pyrrole nitrogens is 1. The van der Waals surface area contributed by atoms with Crippen LogP contribution in [0, 0.1) is 5.82 Å². The van der Waals surface area contributed by atoms with Gasteiger partial charge >= 0.3 is 0 Å². The summed E-state index contributed by atoms with van der Waals surface area (Å²) in [5.41, 5.74) is 2.33. The maximum absolute atomic E-state index is 14.2. The molecule has 1 fully saturated rings. The lowest BCUT2D eigenvalue weighted by Crippen LogP contribution is -2.34. The predicted octanol–water partition coefficient (Wildman–Crippen LogP) is 5.11. The monoisotopic (exact) mass is 423 g/mol. The van der Waals surface area contributed by atoms with Crippen LogP contribution in [0.5, 0.6) is 11.5 Å². The molecule has 0 unspecified atom stereocenters. The zero-order chi connectivity index (χ0) is 21.2. The minimum Gasteiger partial charge on any atom is -0.493 e. The number of aromatic nitrogens is 2. The minimum atomic E-state index is -0.249. The second-order valence-corrected chi connectivity index (χ2v) is 8.07. The lowest BCUT2D eigenvalue weighted by Gasteiger charge is -2.31. The van der Waals surface area contributed by atoms with E-state index < -0.39 is 0 Å². The highest BCUT2D eigenvalue weighted by molar-refractivity contribution is 5.83. The van der Waals surface area contributed by atoms with E-state index in [1.807, 2.05) is 24.4 Å². The van der Waals surface area contributed by atoms with Crippen molar-refractivity contribution in [1.29, 1.82) is 0 Å². The van der Waals surface area contributed by atoms with Gasteiger partial charge in [0.1, 0.15) is 5.82 Å². The fourth-order valence-corrected chi connectivity index (χ4v) is 4.48. The van der Waals surface area contributed by atoms with Crippen LogP contribution in [0.1, 0.15) is 30.9 Å². The molecule has 4 aromatic rings. The van der Waals surface area contributed by atoms with Crippen LogP contribution < -0.4 is 9.47 Å². The molecule has 1 saturated heterocycles. The summed E-state index contributed by atoms with van der Waals surface area (Å²) in [5.74, 6) is 1.50. The third-order valence-corrected chi connectivity index (χ3v) is 6.16. The topological polar surface area (TPSA) is 63.5 Å². The molecule has 31 heavy (non-hydrogen) atoms. The number of nitrogens with zero attached hydrogens (tertiary/aromatic N) is 2. The van der Waals surface area contributed by atoms with Crippen molar-refractivity contribution in [2.45, 2.75) is 25.2 Å². The van der Waals surface area contributed by atoms with Gasteiger partial charge in [0.2, 0.25) is 0 Å². The zero-order valence-electron chi connectivity index (χ0n) is 17.6. The Morgan fingerprint density at radius 1 is 1.19 bits per heavy atom. The quantitative estimate of drug-likeness (QED) is 0.419. The van der Waals surface area contributed by atoms with Crippen molar-refractivity contribution in [2.75, 3.05) is 33.4 Å². The lowest BCUT2D eigenvalue weighted by atomic mass is 9.91. The van der Waals surface area contributed by atoms with E-state index in [1.165, 1.54) is 6.07 Å². The van der Waals surface area contributed by atoms with Gasteiger partial charge in [0.05, 0.1) is 24.8 Å². The Balaban J connectivity index is 1.12. The number of likely N-dealkylation sites (tertiary alicyclic amines) is 1. The summed E-state index contributed by atoms with van der Waals surface area (Å²) in [6, 6.07) is 10.9. The van der Waals surface area contributed by atoms with Crippen molar-refractivity contribution in [3.05, 3.63) is 54.1 Å². The summed E-state index contributed by atoms with van der Waals surface area (Å²) >= 11 is 0. The molecule has 2 aromatic heterocycles. The molecule has 0 atom stereocenters. The average molecular weight is 423 g/mol. The molecule has 0 bridgehead atoms. The summed E-state index contributed by atoms with van der Waals surface area (Å²) in [6.07, 6.45) is 4.74. The van der Waals surface area contributed by atoms with Gasteiger partial charge < -0.3 is 23.9 Å².